The number of alkyl halides is 1. The normalized spacial score (nSPS) is 12.9. The molecule has 0 saturated carbocycles. The summed E-state index contributed by atoms with van der Waals surface area (Å²) < 4.78 is 0. The molecule has 0 aliphatic carbocycles. The van der Waals surface area contributed by atoms with E-state index in [1.54, 1.807) is 0 Å². The first-order chi connectivity index (χ1) is 7.70. The molecule has 84 valence electrons. The molecule has 1 aromatic heterocycles. The van der Waals surface area contributed by atoms with Crippen LogP contribution in [0.4, 0.5) is 0 Å². The van der Waals surface area contributed by atoms with Gasteiger partial charge < -0.3 is 0 Å². The molecular weight excluding hydrogens is 218 g/mol. The summed E-state index contributed by atoms with van der Waals surface area (Å²) in [7, 11) is 0. The van der Waals surface area contributed by atoms with Crippen LogP contribution in [-0.4, -0.2) is 10.4 Å². The topological polar surface area (TPSA) is 12.9 Å². The monoisotopic (exact) mass is 233 g/mol. The number of rotatable bonds is 3. The van der Waals surface area contributed by atoms with Crippen molar-refractivity contribution in [3.05, 3.63) is 41.6 Å². The van der Waals surface area contributed by atoms with Gasteiger partial charge in [0.1, 0.15) is 0 Å². The molecule has 0 aliphatic heterocycles. The maximum atomic E-state index is 6.18. The van der Waals surface area contributed by atoms with Gasteiger partial charge in [0.15, 0.2) is 0 Å². The van der Waals surface area contributed by atoms with E-state index in [-0.39, 0.29) is 5.38 Å². The molecule has 2 aromatic rings. The van der Waals surface area contributed by atoms with Gasteiger partial charge in [-0.1, -0.05) is 25.1 Å². The summed E-state index contributed by atoms with van der Waals surface area (Å²) in [6.07, 6.45) is 1.84. The third kappa shape index (κ3) is 2.35. The van der Waals surface area contributed by atoms with Crippen LogP contribution in [0.3, 0.4) is 0 Å². The lowest BCUT2D eigenvalue weighted by Gasteiger charge is -2.10. The van der Waals surface area contributed by atoms with Crippen molar-refractivity contribution in [3.63, 3.8) is 0 Å². The molecule has 1 nitrogen and oxygen atoms in total. The van der Waals surface area contributed by atoms with Crippen molar-refractivity contribution in [2.45, 2.75) is 32.1 Å². The summed E-state index contributed by atoms with van der Waals surface area (Å²) in [6, 6.07) is 10.4. The molecule has 0 spiro atoms. The van der Waals surface area contributed by atoms with Gasteiger partial charge in [0.05, 0.1) is 5.52 Å². The van der Waals surface area contributed by atoms with E-state index in [0.717, 1.165) is 24.1 Å². The number of pyridine rings is 1. The smallest absolute Gasteiger partial charge is 0.0705 e. The third-order valence-corrected chi connectivity index (χ3v) is 3.34. The predicted molar refractivity (Wildman–Crippen MR) is 70.1 cm³/mol. The lowest BCUT2D eigenvalue weighted by Crippen LogP contribution is -2.05. The number of nitrogens with zero attached hydrogens (tertiary/aromatic N) is 1. The van der Waals surface area contributed by atoms with Crippen molar-refractivity contribution >= 4 is 22.5 Å². The average molecular weight is 234 g/mol. The van der Waals surface area contributed by atoms with E-state index in [4.69, 9.17) is 11.6 Å². The third-order valence-electron chi connectivity index (χ3n) is 2.88. The number of hydrogen-bond donors (Lipinski definition) is 0. The van der Waals surface area contributed by atoms with Gasteiger partial charge in [-0.15, -0.1) is 11.6 Å². The first kappa shape index (κ1) is 11.4. The minimum atomic E-state index is 0.187. The van der Waals surface area contributed by atoms with Crippen LogP contribution in [0, 0.1) is 6.92 Å². The summed E-state index contributed by atoms with van der Waals surface area (Å²) in [6.45, 7) is 4.21. The largest absolute Gasteiger partial charge is 0.253 e. The van der Waals surface area contributed by atoms with Crippen molar-refractivity contribution in [1.82, 2.24) is 4.98 Å². The van der Waals surface area contributed by atoms with Crippen LogP contribution in [0.5, 0.6) is 0 Å². The van der Waals surface area contributed by atoms with Gasteiger partial charge in [0.25, 0.3) is 0 Å². The Morgan fingerprint density at radius 3 is 2.81 bits per heavy atom. The summed E-state index contributed by atoms with van der Waals surface area (Å²) in [5, 5.41) is 1.39. The van der Waals surface area contributed by atoms with Gasteiger partial charge in [-0.25, -0.2) is 0 Å². The highest BCUT2D eigenvalue weighted by atomic mass is 35.5. The molecule has 0 fully saturated rings. The minimum Gasteiger partial charge on any atom is -0.253 e. The van der Waals surface area contributed by atoms with Gasteiger partial charge in [-0.05, 0) is 31.0 Å². The second-order valence-electron chi connectivity index (χ2n) is 4.15. The Morgan fingerprint density at radius 2 is 2.06 bits per heavy atom. The van der Waals surface area contributed by atoms with Crippen molar-refractivity contribution in [2.75, 3.05) is 0 Å². The first-order valence-corrected chi connectivity index (χ1v) is 6.13. The predicted octanol–water partition coefficient (Wildman–Crippen LogP) is 4.10. The van der Waals surface area contributed by atoms with Crippen molar-refractivity contribution in [3.8, 4) is 0 Å². The number of halogens is 1. The van der Waals surface area contributed by atoms with Crippen LogP contribution < -0.4 is 0 Å². The Bertz CT molecular complexity index is 493. The summed E-state index contributed by atoms with van der Waals surface area (Å²) in [5.74, 6) is 0. The summed E-state index contributed by atoms with van der Waals surface area (Å²) >= 11 is 6.18. The lowest BCUT2D eigenvalue weighted by molar-refractivity contribution is 0.785. The van der Waals surface area contributed by atoms with Crippen LogP contribution in [0.1, 0.15) is 24.6 Å². The van der Waals surface area contributed by atoms with E-state index in [9.17, 15) is 0 Å². The fraction of sp³-hybridized carbons (Fsp3) is 0.357. The Morgan fingerprint density at radius 1 is 1.31 bits per heavy atom. The molecular formula is C14H16ClN. The lowest BCUT2D eigenvalue weighted by atomic mass is 10.1. The molecule has 0 amide bonds. The van der Waals surface area contributed by atoms with Crippen LogP contribution in [-0.2, 0) is 6.42 Å². The van der Waals surface area contributed by atoms with Crippen molar-refractivity contribution in [2.24, 2.45) is 0 Å². The molecule has 1 unspecified atom stereocenters. The van der Waals surface area contributed by atoms with Gasteiger partial charge in [0, 0.05) is 22.9 Å². The molecule has 1 aromatic carbocycles. The Hall–Kier alpha value is -1.08. The Labute approximate surface area is 101 Å². The van der Waals surface area contributed by atoms with E-state index in [0.29, 0.717) is 0 Å². The first-order valence-electron chi connectivity index (χ1n) is 5.70. The van der Waals surface area contributed by atoms with Crippen molar-refractivity contribution in [1.29, 1.82) is 0 Å². The zero-order chi connectivity index (χ0) is 11.5. The maximum absolute atomic E-state index is 6.18. The molecule has 0 aliphatic rings. The van der Waals surface area contributed by atoms with Gasteiger partial charge in [-0.3, -0.25) is 4.98 Å². The van der Waals surface area contributed by atoms with E-state index >= 15 is 0 Å². The molecule has 1 atom stereocenters. The highest BCUT2D eigenvalue weighted by Crippen LogP contribution is 2.19. The van der Waals surface area contributed by atoms with Crippen LogP contribution >= 0.6 is 11.6 Å². The number of benzene rings is 1. The zero-order valence-electron chi connectivity index (χ0n) is 9.70. The van der Waals surface area contributed by atoms with Crippen LogP contribution in [0.2, 0.25) is 0 Å². The molecule has 0 bridgehead atoms. The number of aromatic nitrogens is 1. The van der Waals surface area contributed by atoms with Gasteiger partial charge >= 0.3 is 0 Å². The minimum absolute atomic E-state index is 0.187. The molecule has 0 N–H and O–H groups in total. The highest BCUT2D eigenvalue weighted by molar-refractivity contribution is 6.20. The Balaban J connectivity index is 2.42. The van der Waals surface area contributed by atoms with Crippen LogP contribution in [0.25, 0.3) is 10.9 Å². The molecule has 2 rings (SSSR count). The zero-order valence-corrected chi connectivity index (χ0v) is 10.5. The van der Waals surface area contributed by atoms with Crippen LogP contribution in [0.15, 0.2) is 30.3 Å². The van der Waals surface area contributed by atoms with Gasteiger partial charge in [-0.2, -0.15) is 0 Å². The molecule has 0 saturated heterocycles. The average Bonchev–Trinajstić information content (AvgIpc) is 2.30. The van der Waals surface area contributed by atoms with Crippen molar-refractivity contribution < 1.29 is 0 Å². The summed E-state index contributed by atoms with van der Waals surface area (Å²) in [5.41, 5.74) is 3.42. The van der Waals surface area contributed by atoms with E-state index < -0.39 is 0 Å². The van der Waals surface area contributed by atoms with E-state index in [1.165, 1.54) is 10.9 Å². The molecule has 1 heterocycles. The molecule has 0 radical (unpaired) electrons. The molecule has 2 heteroatoms. The fourth-order valence-corrected chi connectivity index (χ4v) is 1.97. The second kappa shape index (κ2) is 4.84. The van der Waals surface area contributed by atoms with E-state index in [1.807, 2.05) is 18.2 Å². The quantitative estimate of drug-likeness (QED) is 0.728. The summed E-state index contributed by atoms with van der Waals surface area (Å²) in [4.78, 5) is 4.68. The van der Waals surface area contributed by atoms with Gasteiger partial charge in [0.2, 0.25) is 0 Å². The van der Waals surface area contributed by atoms with E-state index in [2.05, 4.69) is 31.0 Å². The highest BCUT2D eigenvalue weighted by Gasteiger charge is 2.08. The number of fused-ring (bicyclic) bond motifs is 1. The standard InChI is InChI=1S/C14H16ClN/c1-3-12(15)9-14-10(2)8-11-6-4-5-7-13(11)16-14/h4-8,12H,3,9H2,1-2H3. The fourth-order valence-electron chi connectivity index (χ4n) is 1.82. The second-order valence-corrected chi connectivity index (χ2v) is 4.77. The SMILES string of the molecule is CCC(Cl)Cc1nc2ccccc2cc1C. The Kier molecular flexibility index (Phi) is 3.45. The maximum Gasteiger partial charge on any atom is 0.0705 e. The number of hydrogen-bond acceptors (Lipinski definition) is 1. The molecule has 16 heavy (non-hydrogen) atoms. The number of aryl methyl sites for hydroxylation is 1. The number of para-hydroxylation sites is 1.